The van der Waals surface area contributed by atoms with E-state index in [0.29, 0.717) is 18.8 Å². The van der Waals surface area contributed by atoms with Gasteiger partial charge in [-0.15, -0.1) is 0 Å². The van der Waals surface area contributed by atoms with Crippen LogP contribution in [0.5, 0.6) is 0 Å². The molecule has 0 saturated heterocycles. The van der Waals surface area contributed by atoms with E-state index in [1.165, 1.54) is 25.7 Å². The molecule has 5 atom stereocenters. The van der Waals surface area contributed by atoms with Crippen molar-refractivity contribution in [2.45, 2.75) is 70.8 Å². The molecule has 2 bridgehead atoms. The summed E-state index contributed by atoms with van der Waals surface area (Å²) in [5, 5.41) is 12.6. The van der Waals surface area contributed by atoms with Crippen LogP contribution in [0.1, 0.15) is 64.7 Å². The van der Waals surface area contributed by atoms with Crippen LogP contribution in [0.2, 0.25) is 0 Å². The Bertz CT molecular complexity index is 436. The molecule has 3 aliphatic carbocycles. The van der Waals surface area contributed by atoms with Crippen molar-refractivity contribution in [2.24, 2.45) is 23.2 Å². The van der Waals surface area contributed by atoms with Crippen LogP contribution in [0.3, 0.4) is 0 Å². The van der Waals surface area contributed by atoms with E-state index < -0.39 is 11.4 Å². The summed E-state index contributed by atoms with van der Waals surface area (Å²) < 4.78 is 0. The molecule has 3 fully saturated rings. The third kappa shape index (κ3) is 2.82. The van der Waals surface area contributed by atoms with Crippen molar-refractivity contribution in [3.05, 3.63) is 0 Å². The lowest BCUT2D eigenvalue weighted by molar-refractivity contribution is -0.152. The molecule has 0 radical (unpaired) electrons. The second-order valence-corrected chi connectivity index (χ2v) is 7.73. The average Bonchev–Trinajstić information content (AvgIpc) is 3.03. The van der Waals surface area contributed by atoms with E-state index in [-0.39, 0.29) is 11.9 Å². The average molecular weight is 293 g/mol. The maximum absolute atomic E-state index is 12.3. The zero-order valence-corrected chi connectivity index (χ0v) is 12.9. The Hall–Kier alpha value is -1.06. The van der Waals surface area contributed by atoms with Crippen LogP contribution in [0.4, 0.5) is 0 Å². The van der Waals surface area contributed by atoms with Crippen molar-refractivity contribution in [3.8, 4) is 0 Å². The largest absolute Gasteiger partial charge is 0.481 e. The molecule has 0 aromatic rings. The van der Waals surface area contributed by atoms with E-state index in [9.17, 15) is 14.7 Å². The van der Waals surface area contributed by atoms with Gasteiger partial charge in [-0.3, -0.25) is 9.59 Å². The quantitative estimate of drug-likeness (QED) is 0.837. The Kier molecular flexibility index (Phi) is 3.98. The fraction of sp³-hybridized carbons (Fsp3) is 0.882. The minimum absolute atomic E-state index is 0.0759. The first-order chi connectivity index (χ1) is 9.99. The molecule has 0 aromatic heterocycles. The number of carboxylic acid groups (broad SMARTS) is 1. The zero-order chi connectivity index (χ0) is 15.0. The van der Waals surface area contributed by atoms with Gasteiger partial charge in [-0.2, -0.15) is 0 Å². The van der Waals surface area contributed by atoms with Gasteiger partial charge in [0, 0.05) is 12.5 Å². The summed E-state index contributed by atoms with van der Waals surface area (Å²) in [7, 11) is 0. The number of hydrogen-bond acceptors (Lipinski definition) is 2. The lowest BCUT2D eigenvalue weighted by atomic mass is 9.71. The predicted molar refractivity (Wildman–Crippen MR) is 79.7 cm³/mol. The zero-order valence-electron chi connectivity index (χ0n) is 12.9. The van der Waals surface area contributed by atoms with Gasteiger partial charge in [0.15, 0.2) is 0 Å². The second kappa shape index (κ2) is 5.62. The van der Waals surface area contributed by atoms with Crippen LogP contribution >= 0.6 is 0 Å². The van der Waals surface area contributed by atoms with Crippen molar-refractivity contribution < 1.29 is 14.7 Å². The maximum atomic E-state index is 12.3. The van der Waals surface area contributed by atoms with Crippen molar-refractivity contribution in [2.75, 3.05) is 0 Å². The minimum atomic E-state index is -0.789. The highest BCUT2D eigenvalue weighted by Crippen LogP contribution is 2.49. The van der Waals surface area contributed by atoms with Crippen molar-refractivity contribution in [1.82, 2.24) is 5.32 Å². The number of aliphatic carboxylic acids is 1. The summed E-state index contributed by atoms with van der Waals surface area (Å²) in [4.78, 5) is 23.9. The fourth-order valence-corrected chi connectivity index (χ4v) is 4.94. The lowest BCUT2D eigenvalue weighted by Crippen LogP contribution is -2.52. The normalized spacial score (nSPS) is 42.0. The molecule has 5 unspecified atom stereocenters. The standard InChI is InChI=1S/C17H27NO3/c1-17(16(20)21)7-3-2-4-14(17)18-15(19)10-13-9-11-5-6-12(13)8-11/h11-14H,2-10H2,1H3,(H,18,19)(H,20,21). The molecule has 0 aliphatic heterocycles. The first-order valence-electron chi connectivity index (χ1n) is 8.52. The summed E-state index contributed by atoms with van der Waals surface area (Å²) in [6.45, 7) is 1.79. The van der Waals surface area contributed by atoms with Gasteiger partial charge in [-0.1, -0.05) is 19.3 Å². The van der Waals surface area contributed by atoms with Crippen molar-refractivity contribution >= 4 is 11.9 Å². The molecule has 3 rings (SSSR count). The Labute approximate surface area is 126 Å². The third-order valence-electron chi connectivity index (χ3n) is 6.36. The molecule has 118 valence electrons. The molecule has 4 nitrogen and oxygen atoms in total. The van der Waals surface area contributed by atoms with Crippen molar-refractivity contribution in [1.29, 1.82) is 0 Å². The van der Waals surface area contributed by atoms with Gasteiger partial charge in [0.1, 0.15) is 0 Å². The van der Waals surface area contributed by atoms with E-state index in [2.05, 4.69) is 5.32 Å². The SMILES string of the molecule is CC1(C(=O)O)CCCCC1NC(=O)CC1CC2CCC1C2. The van der Waals surface area contributed by atoms with Gasteiger partial charge in [0.05, 0.1) is 5.41 Å². The Morgan fingerprint density at radius 1 is 1.19 bits per heavy atom. The van der Waals surface area contributed by atoms with Crippen LogP contribution in [0, 0.1) is 23.2 Å². The van der Waals surface area contributed by atoms with Crippen LogP contribution in [0.25, 0.3) is 0 Å². The Morgan fingerprint density at radius 3 is 2.62 bits per heavy atom. The molecular formula is C17H27NO3. The topological polar surface area (TPSA) is 66.4 Å². The van der Waals surface area contributed by atoms with Crippen LogP contribution in [0.15, 0.2) is 0 Å². The fourth-order valence-electron chi connectivity index (χ4n) is 4.94. The molecule has 0 spiro atoms. The first-order valence-corrected chi connectivity index (χ1v) is 8.52. The van der Waals surface area contributed by atoms with Crippen LogP contribution in [-0.2, 0) is 9.59 Å². The predicted octanol–water partition coefficient (Wildman–Crippen LogP) is 2.96. The van der Waals surface area contributed by atoms with Crippen LogP contribution < -0.4 is 5.32 Å². The second-order valence-electron chi connectivity index (χ2n) is 7.73. The number of nitrogens with one attached hydrogen (secondary N) is 1. The van der Waals surface area contributed by atoms with E-state index >= 15 is 0 Å². The number of amides is 1. The molecule has 1 amide bonds. The summed E-state index contributed by atoms with van der Waals surface area (Å²) in [5.74, 6) is 1.45. The number of hydrogen-bond donors (Lipinski definition) is 2. The molecule has 3 aliphatic rings. The summed E-state index contributed by atoms with van der Waals surface area (Å²) in [5.41, 5.74) is -0.789. The summed E-state index contributed by atoms with van der Waals surface area (Å²) in [6, 6.07) is -0.199. The highest BCUT2D eigenvalue weighted by molar-refractivity contribution is 5.80. The van der Waals surface area contributed by atoms with Crippen LogP contribution in [-0.4, -0.2) is 23.0 Å². The Balaban J connectivity index is 1.57. The van der Waals surface area contributed by atoms with E-state index in [0.717, 1.165) is 31.1 Å². The lowest BCUT2D eigenvalue weighted by Gasteiger charge is -2.38. The van der Waals surface area contributed by atoms with Gasteiger partial charge >= 0.3 is 5.97 Å². The van der Waals surface area contributed by atoms with Gasteiger partial charge in [0.25, 0.3) is 0 Å². The maximum Gasteiger partial charge on any atom is 0.311 e. The van der Waals surface area contributed by atoms with Gasteiger partial charge in [0.2, 0.25) is 5.91 Å². The minimum Gasteiger partial charge on any atom is -0.481 e. The first kappa shape index (κ1) is 14.9. The molecule has 0 heterocycles. The van der Waals surface area contributed by atoms with Gasteiger partial charge in [-0.25, -0.2) is 0 Å². The van der Waals surface area contributed by atoms with Crippen molar-refractivity contribution in [3.63, 3.8) is 0 Å². The molecule has 3 saturated carbocycles. The number of carboxylic acids is 1. The van der Waals surface area contributed by atoms with E-state index in [1.54, 1.807) is 6.92 Å². The van der Waals surface area contributed by atoms with Gasteiger partial charge < -0.3 is 10.4 Å². The summed E-state index contributed by atoms with van der Waals surface area (Å²) in [6.07, 6.45) is 9.19. The van der Waals surface area contributed by atoms with Gasteiger partial charge in [-0.05, 0) is 56.8 Å². The molecule has 0 aromatic carbocycles. The monoisotopic (exact) mass is 293 g/mol. The molecular weight excluding hydrogens is 266 g/mol. The smallest absolute Gasteiger partial charge is 0.311 e. The highest BCUT2D eigenvalue weighted by atomic mass is 16.4. The van der Waals surface area contributed by atoms with E-state index in [4.69, 9.17) is 0 Å². The number of carbonyl (C=O) groups excluding carboxylic acids is 1. The molecule has 2 N–H and O–H groups in total. The highest BCUT2D eigenvalue weighted by Gasteiger charge is 2.45. The molecule has 21 heavy (non-hydrogen) atoms. The van der Waals surface area contributed by atoms with E-state index in [1.807, 2.05) is 0 Å². The number of rotatable bonds is 4. The number of carbonyl (C=O) groups is 2. The third-order valence-corrected chi connectivity index (χ3v) is 6.36. The Morgan fingerprint density at radius 2 is 2.00 bits per heavy atom. The number of fused-ring (bicyclic) bond motifs is 2. The summed E-state index contributed by atoms with van der Waals surface area (Å²) >= 11 is 0. The molecule has 4 heteroatoms.